The molecule has 2 heterocycles. The van der Waals surface area contributed by atoms with Crippen LogP contribution in [0.2, 0.25) is 0 Å². The lowest BCUT2D eigenvalue weighted by molar-refractivity contribution is 0.0951. The van der Waals surface area contributed by atoms with Gasteiger partial charge in [0.25, 0.3) is 11.5 Å². The molecule has 0 spiro atoms. The van der Waals surface area contributed by atoms with Crippen LogP contribution in [0.4, 0.5) is 0 Å². The lowest BCUT2D eigenvalue weighted by Crippen LogP contribution is -2.36. The van der Waals surface area contributed by atoms with Gasteiger partial charge in [0.1, 0.15) is 11.3 Å². The molecule has 2 rings (SSSR count). The third-order valence-corrected chi connectivity index (χ3v) is 2.37. The van der Waals surface area contributed by atoms with Gasteiger partial charge in [-0.3, -0.25) is 20.0 Å². The molecule has 0 fully saturated rings. The number of pyridine rings is 1. The summed E-state index contributed by atoms with van der Waals surface area (Å²) in [6, 6.07) is 6.65. The second-order valence-electron chi connectivity index (χ2n) is 3.56. The Morgan fingerprint density at radius 2 is 2.17 bits per heavy atom. The predicted molar refractivity (Wildman–Crippen MR) is 64.4 cm³/mol. The highest BCUT2D eigenvalue weighted by atomic mass is 16.2. The Balaban J connectivity index is 2.62. The average molecular weight is 245 g/mol. The molecular weight excluding hydrogens is 234 g/mol. The molecule has 0 aliphatic carbocycles. The SMILES string of the molecule is Cn1nc(-c2ccccn2)cc(C(=O)NN)c1=O. The third kappa shape index (κ3) is 2.11. The molecule has 0 saturated carbocycles. The topological polar surface area (TPSA) is 103 Å². The molecule has 18 heavy (non-hydrogen) atoms. The van der Waals surface area contributed by atoms with Crippen LogP contribution in [0.25, 0.3) is 11.4 Å². The maximum absolute atomic E-state index is 11.7. The molecule has 2 aromatic heterocycles. The Hall–Kier alpha value is -2.54. The predicted octanol–water partition coefficient (Wildman–Crippen LogP) is -0.554. The number of aryl methyl sites for hydroxylation is 1. The Morgan fingerprint density at radius 3 is 2.78 bits per heavy atom. The molecule has 0 unspecified atom stereocenters. The van der Waals surface area contributed by atoms with Crippen LogP contribution in [0.3, 0.4) is 0 Å². The van der Waals surface area contributed by atoms with Gasteiger partial charge in [0.05, 0.1) is 5.69 Å². The van der Waals surface area contributed by atoms with E-state index in [0.717, 1.165) is 4.68 Å². The van der Waals surface area contributed by atoms with Gasteiger partial charge in [-0.15, -0.1) is 0 Å². The second kappa shape index (κ2) is 4.76. The first-order valence-electron chi connectivity index (χ1n) is 5.14. The van der Waals surface area contributed by atoms with Gasteiger partial charge in [0.2, 0.25) is 0 Å². The van der Waals surface area contributed by atoms with Crippen LogP contribution in [0, 0.1) is 0 Å². The van der Waals surface area contributed by atoms with E-state index in [2.05, 4.69) is 10.1 Å². The molecule has 0 aliphatic rings. The molecule has 7 heteroatoms. The summed E-state index contributed by atoms with van der Waals surface area (Å²) in [7, 11) is 1.46. The molecule has 0 bridgehead atoms. The molecular formula is C11H11N5O2. The van der Waals surface area contributed by atoms with E-state index in [1.165, 1.54) is 13.1 Å². The number of amides is 1. The first kappa shape index (κ1) is 11.9. The highest BCUT2D eigenvalue weighted by molar-refractivity contribution is 5.94. The summed E-state index contributed by atoms with van der Waals surface area (Å²) in [5.74, 6) is 4.37. The van der Waals surface area contributed by atoms with Gasteiger partial charge < -0.3 is 0 Å². The van der Waals surface area contributed by atoms with E-state index in [0.29, 0.717) is 11.4 Å². The van der Waals surface area contributed by atoms with Crippen LogP contribution < -0.4 is 16.8 Å². The molecule has 2 aromatic rings. The van der Waals surface area contributed by atoms with E-state index in [-0.39, 0.29) is 5.56 Å². The van der Waals surface area contributed by atoms with Crippen LogP contribution in [-0.2, 0) is 7.05 Å². The number of carbonyl (C=O) groups is 1. The van der Waals surface area contributed by atoms with Gasteiger partial charge in [0.15, 0.2) is 0 Å². The van der Waals surface area contributed by atoms with Gasteiger partial charge in [-0.2, -0.15) is 5.10 Å². The monoisotopic (exact) mass is 245 g/mol. The summed E-state index contributed by atoms with van der Waals surface area (Å²) in [6.45, 7) is 0. The number of nitrogens with one attached hydrogen (secondary N) is 1. The van der Waals surface area contributed by atoms with Gasteiger partial charge in [-0.05, 0) is 18.2 Å². The van der Waals surface area contributed by atoms with Gasteiger partial charge in [0, 0.05) is 13.2 Å². The first-order chi connectivity index (χ1) is 8.63. The molecule has 0 radical (unpaired) electrons. The fourth-order valence-corrected chi connectivity index (χ4v) is 1.49. The fraction of sp³-hybridized carbons (Fsp3) is 0.0909. The summed E-state index contributed by atoms with van der Waals surface area (Å²) >= 11 is 0. The van der Waals surface area contributed by atoms with Gasteiger partial charge in [-0.25, -0.2) is 10.5 Å². The number of carbonyl (C=O) groups excluding carboxylic acids is 1. The Labute approximate surface area is 102 Å². The van der Waals surface area contributed by atoms with Crippen molar-refractivity contribution in [1.82, 2.24) is 20.2 Å². The van der Waals surface area contributed by atoms with Crippen LogP contribution >= 0.6 is 0 Å². The number of nitrogens with two attached hydrogens (primary N) is 1. The van der Waals surface area contributed by atoms with Gasteiger partial charge in [-0.1, -0.05) is 6.07 Å². The zero-order chi connectivity index (χ0) is 13.1. The number of aromatic nitrogens is 3. The number of rotatable bonds is 2. The summed E-state index contributed by atoms with van der Waals surface area (Å²) in [5, 5.41) is 4.04. The first-order valence-corrected chi connectivity index (χ1v) is 5.14. The standard InChI is InChI=1S/C11H11N5O2/c1-16-11(18)7(10(17)14-12)6-9(15-16)8-4-2-3-5-13-8/h2-6H,12H2,1H3,(H,14,17). The van der Waals surface area contributed by atoms with Crippen molar-refractivity contribution in [3.8, 4) is 11.4 Å². The molecule has 92 valence electrons. The van der Waals surface area contributed by atoms with E-state index in [1.54, 1.807) is 24.4 Å². The van der Waals surface area contributed by atoms with Crippen molar-refractivity contribution < 1.29 is 4.79 Å². The minimum atomic E-state index is -0.657. The Bertz CT molecular complexity index is 636. The largest absolute Gasteiger partial charge is 0.290 e. The third-order valence-electron chi connectivity index (χ3n) is 2.37. The van der Waals surface area contributed by atoms with E-state index in [1.807, 2.05) is 5.43 Å². The Kier molecular flexibility index (Phi) is 3.16. The molecule has 0 aromatic carbocycles. The van der Waals surface area contributed by atoms with E-state index in [9.17, 15) is 9.59 Å². The minimum Gasteiger partial charge on any atom is -0.290 e. The number of hydrogen-bond acceptors (Lipinski definition) is 5. The highest BCUT2D eigenvalue weighted by Crippen LogP contribution is 2.12. The fourth-order valence-electron chi connectivity index (χ4n) is 1.49. The quantitative estimate of drug-likeness (QED) is 0.419. The van der Waals surface area contributed by atoms with Crippen molar-refractivity contribution in [1.29, 1.82) is 0 Å². The molecule has 3 N–H and O–H groups in total. The summed E-state index contributed by atoms with van der Waals surface area (Å²) < 4.78 is 1.08. The van der Waals surface area contributed by atoms with Crippen LogP contribution in [0.15, 0.2) is 35.3 Å². The summed E-state index contributed by atoms with van der Waals surface area (Å²) in [6.07, 6.45) is 1.60. The van der Waals surface area contributed by atoms with E-state index in [4.69, 9.17) is 5.84 Å². The smallest absolute Gasteiger partial charge is 0.279 e. The van der Waals surface area contributed by atoms with Crippen LogP contribution in [0.5, 0.6) is 0 Å². The highest BCUT2D eigenvalue weighted by Gasteiger charge is 2.14. The van der Waals surface area contributed by atoms with Crippen molar-refractivity contribution in [3.05, 3.63) is 46.4 Å². The molecule has 7 nitrogen and oxygen atoms in total. The summed E-state index contributed by atoms with van der Waals surface area (Å²) in [4.78, 5) is 27.3. The van der Waals surface area contributed by atoms with Crippen molar-refractivity contribution >= 4 is 5.91 Å². The van der Waals surface area contributed by atoms with Crippen LogP contribution in [0.1, 0.15) is 10.4 Å². The molecule has 0 aliphatic heterocycles. The average Bonchev–Trinajstić information content (AvgIpc) is 2.41. The lowest BCUT2D eigenvalue weighted by Gasteiger charge is -2.05. The lowest BCUT2D eigenvalue weighted by atomic mass is 10.2. The van der Waals surface area contributed by atoms with Gasteiger partial charge >= 0.3 is 0 Å². The molecule has 0 atom stereocenters. The van der Waals surface area contributed by atoms with Crippen molar-refractivity contribution in [3.63, 3.8) is 0 Å². The number of hydrogen-bond donors (Lipinski definition) is 2. The maximum Gasteiger partial charge on any atom is 0.279 e. The normalized spacial score (nSPS) is 10.1. The van der Waals surface area contributed by atoms with Crippen molar-refractivity contribution in [2.24, 2.45) is 12.9 Å². The van der Waals surface area contributed by atoms with E-state index < -0.39 is 11.5 Å². The van der Waals surface area contributed by atoms with Crippen LogP contribution in [-0.4, -0.2) is 20.7 Å². The number of nitrogen functional groups attached to an aromatic ring is 1. The van der Waals surface area contributed by atoms with Crippen molar-refractivity contribution in [2.75, 3.05) is 0 Å². The van der Waals surface area contributed by atoms with Crippen molar-refractivity contribution in [2.45, 2.75) is 0 Å². The Morgan fingerprint density at radius 1 is 1.39 bits per heavy atom. The zero-order valence-corrected chi connectivity index (χ0v) is 9.62. The molecule has 1 amide bonds. The minimum absolute atomic E-state index is 0.0735. The maximum atomic E-state index is 11.7. The summed E-state index contributed by atoms with van der Waals surface area (Å²) in [5.41, 5.74) is 2.33. The number of hydrazine groups is 1. The molecule has 0 saturated heterocycles. The van der Waals surface area contributed by atoms with E-state index >= 15 is 0 Å². The second-order valence-corrected chi connectivity index (χ2v) is 3.56. The zero-order valence-electron chi connectivity index (χ0n) is 9.62. The number of nitrogens with zero attached hydrogens (tertiary/aromatic N) is 3.